The largest absolute Gasteiger partial charge is 0.481 e. The lowest BCUT2D eigenvalue weighted by Crippen LogP contribution is -2.43. The van der Waals surface area contributed by atoms with Gasteiger partial charge in [0, 0.05) is 18.5 Å². The van der Waals surface area contributed by atoms with Gasteiger partial charge in [0.15, 0.2) is 0 Å². The molecule has 3 heteroatoms. The van der Waals surface area contributed by atoms with E-state index >= 15 is 0 Å². The summed E-state index contributed by atoms with van der Waals surface area (Å²) in [6, 6.07) is 9.78. The van der Waals surface area contributed by atoms with Crippen molar-refractivity contribution in [2.24, 2.45) is 0 Å². The molecule has 1 fully saturated rings. The predicted octanol–water partition coefficient (Wildman–Crippen LogP) is 3.78. The first-order valence-electron chi connectivity index (χ1n) is 8.31. The average Bonchev–Trinajstić information content (AvgIpc) is 2.53. The number of benzene rings is 1. The molecule has 0 aromatic heterocycles. The maximum atomic E-state index is 10.9. The normalized spacial score (nSPS) is 26.3. The molecule has 2 atom stereocenters. The van der Waals surface area contributed by atoms with Crippen LogP contribution >= 0.6 is 0 Å². The SMILES string of the molecule is O=C(O)CCC1CCCCN1C1CCCc2ccccc21. The fourth-order valence-electron chi connectivity index (χ4n) is 4.11. The molecule has 3 nitrogen and oxygen atoms in total. The lowest BCUT2D eigenvalue weighted by Gasteiger charge is -2.43. The van der Waals surface area contributed by atoms with Gasteiger partial charge in [0.05, 0.1) is 0 Å². The van der Waals surface area contributed by atoms with E-state index in [2.05, 4.69) is 29.2 Å². The molecule has 114 valence electrons. The van der Waals surface area contributed by atoms with E-state index in [1.165, 1.54) is 43.2 Å². The summed E-state index contributed by atoms with van der Waals surface area (Å²) in [5.41, 5.74) is 2.99. The van der Waals surface area contributed by atoms with E-state index in [1.807, 2.05) is 0 Å². The quantitative estimate of drug-likeness (QED) is 0.916. The number of carboxylic acids is 1. The summed E-state index contributed by atoms with van der Waals surface area (Å²) in [5, 5.41) is 8.98. The Morgan fingerprint density at radius 3 is 2.90 bits per heavy atom. The highest BCUT2D eigenvalue weighted by atomic mass is 16.4. The van der Waals surface area contributed by atoms with Gasteiger partial charge in [0.1, 0.15) is 0 Å². The molecule has 1 saturated heterocycles. The molecule has 0 radical (unpaired) electrons. The van der Waals surface area contributed by atoms with Crippen molar-refractivity contribution in [2.45, 2.75) is 63.5 Å². The van der Waals surface area contributed by atoms with Crippen molar-refractivity contribution in [3.05, 3.63) is 35.4 Å². The minimum absolute atomic E-state index is 0.301. The van der Waals surface area contributed by atoms with Crippen LogP contribution in [0.2, 0.25) is 0 Å². The molecule has 1 aromatic carbocycles. The molecule has 1 aromatic rings. The van der Waals surface area contributed by atoms with Gasteiger partial charge in [-0.2, -0.15) is 0 Å². The zero-order valence-electron chi connectivity index (χ0n) is 12.6. The third-order valence-electron chi connectivity index (χ3n) is 5.10. The van der Waals surface area contributed by atoms with E-state index in [9.17, 15) is 4.79 Å². The van der Waals surface area contributed by atoms with Gasteiger partial charge in [-0.3, -0.25) is 9.69 Å². The molecule has 1 aliphatic carbocycles. The molecule has 1 heterocycles. The Bertz CT molecular complexity index is 500. The molecule has 2 aliphatic rings. The third kappa shape index (κ3) is 3.29. The molecule has 1 N–H and O–H groups in total. The number of aliphatic carboxylic acids is 1. The molecule has 3 rings (SSSR count). The maximum absolute atomic E-state index is 10.9. The average molecular weight is 287 g/mol. The van der Waals surface area contributed by atoms with Gasteiger partial charge in [0.2, 0.25) is 0 Å². The molecule has 0 spiro atoms. The molecule has 2 unspecified atom stereocenters. The highest BCUT2D eigenvalue weighted by Crippen LogP contribution is 2.38. The van der Waals surface area contributed by atoms with E-state index in [0.29, 0.717) is 18.5 Å². The fourth-order valence-corrected chi connectivity index (χ4v) is 4.11. The zero-order chi connectivity index (χ0) is 14.7. The molecular weight excluding hydrogens is 262 g/mol. The Labute approximate surface area is 127 Å². The van der Waals surface area contributed by atoms with Crippen LogP contribution < -0.4 is 0 Å². The van der Waals surface area contributed by atoms with Crippen LogP contribution in [0.4, 0.5) is 0 Å². The van der Waals surface area contributed by atoms with Gasteiger partial charge in [-0.1, -0.05) is 30.7 Å². The number of hydrogen-bond acceptors (Lipinski definition) is 2. The van der Waals surface area contributed by atoms with Crippen LogP contribution in [0.15, 0.2) is 24.3 Å². The minimum atomic E-state index is -0.662. The highest BCUT2D eigenvalue weighted by Gasteiger charge is 2.32. The summed E-state index contributed by atoms with van der Waals surface area (Å²) in [7, 11) is 0. The Morgan fingerprint density at radius 1 is 1.19 bits per heavy atom. The van der Waals surface area contributed by atoms with Crippen LogP contribution in [0, 0.1) is 0 Å². The summed E-state index contributed by atoms with van der Waals surface area (Å²) in [5.74, 6) is -0.662. The third-order valence-corrected chi connectivity index (χ3v) is 5.10. The molecule has 21 heavy (non-hydrogen) atoms. The van der Waals surface area contributed by atoms with Crippen molar-refractivity contribution in [1.29, 1.82) is 0 Å². The Hall–Kier alpha value is -1.35. The fraction of sp³-hybridized carbons (Fsp3) is 0.611. The van der Waals surface area contributed by atoms with Crippen molar-refractivity contribution in [3.63, 3.8) is 0 Å². The number of nitrogens with zero attached hydrogens (tertiary/aromatic N) is 1. The van der Waals surface area contributed by atoms with Gasteiger partial charge < -0.3 is 5.11 Å². The van der Waals surface area contributed by atoms with Crippen molar-refractivity contribution in [2.75, 3.05) is 6.54 Å². The van der Waals surface area contributed by atoms with E-state index in [-0.39, 0.29) is 0 Å². The van der Waals surface area contributed by atoms with Crippen molar-refractivity contribution >= 4 is 5.97 Å². The summed E-state index contributed by atoms with van der Waals surface area (Å²) in [4.78, 5) is 13.5. The first kappa shape index (κ1) is 14.6. The second-order valence-corrected chi connectivity index (χ2v) is 6.43. The second-order valence-electron chi connectivity index (χ2n) is 6.43. The molecule has 0 bridgehead atoms. The van der Waals surface area contributed by atoms with E-state index in [1.54, 1.807) is 0 Å². The molecule has 0 saturated carbocycles. The number of aryl methyl sites for hydroxylation is 1. The maximum Gasteiger partial charge on any atom is 0.303 e. The standard InChI is InChI=1S/C18H25NO2/c20-18(21)12-11-15-8-3-4-13-19(15)17-10-5-7-14-6-1-2-9-16(14)17/h1-2,6,9,15,17H,3-5,7-8,10-13H2,(H,20,21). The summed E-state index contributed by atoms with van der Waals surface area (Å²) in [6.07, 6.45) is 8.43. The zero-order valence-corrected chi connectivity index (χ0v) is 12.6. The first-order chi connectivity index (χ1) is 10.3. The summed E-state index contributed by atoms with van der Waals surface area (Å²) >= 11 is 0. The van der Waals surface area contributed by atoms with Crippen LogP contribution in [0.25, 0.3) is 0 Å². The number of likely N-dealkylation sites (tertiary alicyclic amines) is 1. The topological polar surface area (TPSA) is 40.5 Å². The van der Waals surface area contributed by atoms with Crippen molar-refractivity contribution in [1.82, 2.24) is 4.90 Å². The molecular formula is C18H25NO2. The molecule has 1 aliphatic heterocycles. The van der Waals surface area contributed by atoms with Crippen molar-refractivity contribution in [3.8, 4) is 0 Å². The van der Waals surface area contributed by atoms with Crippen LogP contribution in [-0.4, -0.2) is 28.6 Å². The van der Waals surface area contributed by atoms with Crippen molar-refractivity contribution < 1.29 is 9.90 Å². The van der Waals surface area contributed by atoms with Crippen LogP contribution in [-0.2, 0) is 11.2 Å². The van der Waals surface area contributed by atoms with Crippen LogP contribution in [0.1, 0.15) is 62.1 Å². The van der Waals surface area contributed by atoms with E-state index < -0.39 is 5.97 Å². The van der Waals surface area contributed by atoms with Crippen LogP contribution in [0.3, 0.4) is 0 Å². The van der Waals surface area contributed by atoms with Gasteiger partial charge in [-0.15, -0.1) is 0 Å². The minimum Gasteiger partial charge on any atom is -0.481 e. The Balaban J connectivity index is 1.79. The Kier molecular flexibility index (Phi) is 4.59. The van der Waals surface area contributed by atoms with Gasteiger partial charge >= 0.3 is 5.97 Å². The number of rotatable bonds is 4. The summed E-state index contributed by atoms with van der Waals surface area (Å²) < 4.78 is 0. The van der Waals surface area contributed by atoms with Crippen LogP contribution in [0.5, 0.6) is 0 Å². The lowest BCUT2D eigenvalue weighted by atomic mass is 9.84. The number of carboxylic acid groups (broad SMARTS) is 1. The van der Waals surface area contributed by atoms with Gasteiger partial charge in [0.25, 0.3) is 0 Å². The lowest BCUT2D eigenvalue weighted by molar-refractivity contribution is -0.137. The summed E-state index contributed by atoms with van der Waals surface area (Å²) in [6.45, 7) is 1.13. The number of piperidine rings is 1. The van der Waals surface area contributed by atoms with Gasteiger partial charge in [-0.05, 0) is 56.2 Å². The predicted molar refractivity (Wildman–Crippen MR) is 83.3 cm³/mol. The molecule has 0 amide bonds. The van der Waals surface area contributed by atoms with Gasteiger partial charge in [-0.25, -0.2) is 0 Å². The number of carbonyl (C=O) groups is 1. The second kappa shape index (κ2) is 6.61. The highest BCUT2D eigenvalue weighted by molar-refractivity contribution is 5.66. The number of hydrogen-bond donors (Lipinski definition) is 1. The smallest absolute Gasteiger partial charge is 0.303 e. The van der Waals surface area contributed by atoms with E-state index in [0.717, 1.165) is 19.4 Å². The monoisotopic (exact) mass is 287 g/mol. The Morgan fingerprint density at radius 2 is 2.05 bits per heavy atom. The first-order valence-corrected chi connectivity index (χ1v) is 8.31. The van der Waals surface area contributed by atoms with E-state index in [4.69, 9.17) is 5.11 Å². The number of fused-ring (bicyclic) bond motifs is 1.